The zero-order valence-electron chi connectivity index (χ0n) is 6.60. The van der Waals surface area contributed by atoms with Crippen molar-refractivity contribution in [1.82, 2.24) is 4.98 Å². The van der Waals surface area contributed by atoms with Crippen molar-refractivity contribution in [3.05, 3.63) is 30.5 Å². The Labute approximate surface area is 72.6 Å². The zero-order chi connectivity index (χ0) is 9.47. The van der Waals surface area contributed by atoms with Crippen LogP contribution in [0.15, 0.2) is 30.5 Å². The third-order valence-corrected chi connectivity index (χ3v) is 1.97. The van der Waals surface area contributed by atoms with E-state index >= 15 is 0 Å². The minimum atomic E-state index is -4.92. The van der Waals surface area contributed by atoms with Gasteiger partial charge in [-0.15, -0.1) is 0 Å². The van der Waals surface area contributed by atoms with E-state index in [-0.39, 0.29) is 5.52 Å². The highest BCUT2D eigenvalue weighted by Gasteiger charge is 2.27. The molecule has 1 N–H and O–H groups in total. The molecule has 68 valence electrons. The zero-order valence-corrected chi connectivity index (χ0v) is 6.60. The van der Waals surface area contributed by atoms with Gasteiger partial charge < -0.3 is 17.9 Å². The maximum Gasteiger partial charge on any atom is 0.511 e. The van der Waals surface area contributed by atoms with Crippen molar-refractivity contribution in [2.75, 3.05) is 0 Å². The fourth-order valence-electron chi connectivity index (χ4n) is 1.38. The summed E-state index contributed by atoms with van der Waals surface area (Å²) in [6.45, 7) is -4.92. The lowest BCUT2D eigenvalue weighted by atomic mass is 9.79. The van der Waals surface area contributed by atoms with Crippen LogP contribution in [0, 0.1) is 0 Å². The number of hydrogen-bond acceptors (Lipinski definition) is 0. The van der Waals surface area contributed by atoms with Crippen LogP contribution in [0.5, 0.6) is 0 Å². The predicted molar refractivity (Wildman–Crippen MR) is 47.0 cm³/mol. The van der Waals surface area contributed by atoms with E-state index in [4.69, 9.17) is 0 Å². The number of nitrogens with one attached hydrogen (secondary N) is 1. The second kappa shape index (κ2) is 2.55. The average Bonchev–Trinajstić information content (AvgIpc) is 2.48. The maximum absolute atomic E-state index is 12.4. The molecule has 0 atom stereocenters. The predicted octanol–water partition coefficient (Wildman–Crippen LogP) is 2.22. The van der Waals surface area contributed by atoms with Gasteiger partial charge in [0.25, 0.3) is 0 Å². The number of hydrogen-bond donors (Lipinski definition) is 1. The Hall–Kier alpha value is -1.39. The molecule has 5 heteroatoms. The minimum Gasteiger partial charge on any atom is -0.445 e. The van der Waals surface area contributed by atoms with Gasteiger partial charge in [-0.2, -0.15) is 0 Å². The number of benzene rings is 1. The number of aromatic nitrogens is 1. The van der Waals surface area contributed by atoms with E-state index in [0.717, 1.165) is 6.07 Å². The van der Waals surface area contributed by atoms with E-state index in [0.29, 0.717) is 5.39 Å². The quantitative estimate of drug-likeness (QED) is 0.654. The number of halogens is 3. The first-order valence-electron chi connectivity index (χ1n) is 3.85. The molecule has 0 aliphatic rings. The Bertz CT molecular complexity index is 432. The molecule has 0 amide bonds. The van der Waals surface area contributed by atoms with Crippen LogP contribution in [0.2, 0.25) is 0 Å². The van der Waals surface area contributed by atoms with E-state index in [1.807, 2.05) is 0 Å². The molecule has 2 aromatic rings. The molecule has 2 rings (SSSR count). The summed E-state index contributed by atoms with van der Waals surface area (Å²) in [5, 5.41) is 0.594. The summed E-state index contributed by atoms with van der Waals surface area (Å²) in [7, 11) is 0. The molecule has 13 heavy (non-hydrogen) atoms. The van der Waals surface area contributed by atoms with Crippen molar-refractivity contribution in [1.29, 1.82) is 0 Å². The molecular formula is C8H6BF3N-. The summed E-state index contributed by atoms with van der Waals surface area (Å²) in [6.07, 6.45) is 1.51. The van der Waals surface area contributed by atoms with Crippen LogP contribution in [0.3, 0.4) is 0 Å². The average molecular weight is 184 g/mol. The van der Waals surface area contributed by atoms with Crippen molar-refractivity contribution in [2.45, 2.75) is 0 Å². The largest absolute Gasteiger partial charge is 0.511 e. The Balaban J connectivity index is 2.75. The lowest BCUT2D eigenvalue weighted by Gasteiger charge is -2.15. The van der Waals surface area contributed by atoms with Gasteiger partial charge in [-0.1, -0.05) is 23.7 Å². The maximum atomic E-state index is 12.4. The van der Waals surface area contributed by atoms with Crippen molar-refractivity contribution in [2.24, 2.45) is 0 Å². The molecular weight excluding hydrogens is 178 g/mol. The van der Waals surface area contributed by atoms with Crippen molar-refractivity contribution >= 4 is 23.3 Å². The Morgan fingerprint density at radius 3 is 2.54 bits per heavy atom. The second-order valence-corrected chi connectivity index (χ2v) is 2.86. The highest BCUT2D eigenvalue weighted by Crippen LogP contribution is 2.16. The molecule has 1 nitrogen and oxygen atoms in total. The molecule has 0 saturated carbocycles. The van der Waals surface area contributed by atoms with Gasteiger partial charge in [0, 0.05) is 11.7 Å². The van der Waals surface area contributed by atoms with Crippen LogP contribution in [-0.2, 0) is 0 Å². The fraction of sp³-hybridized carbons (Fsp3) is 0. The van der Waals surface area contributed by atoms with Gasteiger partial charge in [0.05, 0.1) is 0 Å². The Morgan fingerprint density at radius 2 is 1.85 bits per heavy atom. The summed E-state index contributed by atoms with van der Waals surface area (Å²) < 4.78 is 37.3. The Morgan fingerprint density at radius 1 is 1.08 bits per heavy atom. The van der Waals surface area contributed by atoms with Crippen LogP contribution < -0.4 is 5.46 Å². The standard InChI is InChI=1S/C8H6BF3N/c10-9(11,12)7-3-1-2-6-4-5-13-8(6)7/h1-5,13H/q-1. The number of aromatic amines is 1. The van der Waals surface area contributed by atoms with Crippen molar-refractivity contribution < 1.29 is 12.9 Å². The highest BCUT2D eigenvalue weighted by atomic mass is 19.4. The third kappa shape index (κ3) is 1.30. The van der Waals surface area contributed by atoms with Gasteiger partial charge in [0.15, 0.2) is 0 Å². The normalized spacial score (nSPS) is 12.2. The topological polar surface area (TPSA) is 15.8 Å². The molecule has 1 heterocycles. The van der Waals surface area contributed by atoms with Gasteiger partial charge in [0.1, 0.15) is 0 Å². The first-order valence-corrected chi connectivity index (χ1v) is 3.85. The van der Waals surface area contributed by atoms with E-state index in [9.17, 15) is 12.9 Å². The highest BCUT2D eigenvalue weighted by molar-refractivity contribution is 6.75. The lowest BCUT2D eigenvalue weighted by Crippen LogP contribution is -2.34. The molecule has 0 aliphatic heterocycles. The first kappa shape index (κ1) is 8.22. The second-order valence-electron chi connectivity index (χ2n) is 2.86. The fourth-order valence-corrected chi connectivity index (χ4v) is 1.38. The van der Waals surface area contributed by atoms with E-state index in [1.54, 1.807) is 12.1 Å². The van der Waals surface area contributed by atoms with E-state index in [2.05, 4.69) is 4.98 Å². The number of rotatable bonds is 1. The number of H-pyrrole nitrogens is 1. The summed E-state index contributed by atoms with van der Waals surface area (Å²) in [4.78, 5) is 2.59. The molecule has 0 saturated heterocycles. The van der Waals surface area contributed by atoms with Gasteiger partial charge in [-0.25, -0.2) is 0 Å². The Kier molecular flexibility index (Phi) is 1.61. The molecule has 1 aromatic heterocycles. The van der Waals surface area contributed by atoms with Crippen LogP contribution in [-0.4, -0.2) is 12.0 Å². The monoisotopic (exact) mass is 184 g/mol. The molecule has 0 bridgehead atoms. The first-order chi connectivity index (χ1) is 6.09. The SMILES string of the molecule is F[B-](F)(F)c1cccc2cc[nH]c12. The molecule has 0 aliphatic carbocycles. The smallest absolute Gasteiger partial charge is 0.445 e. The van der Waals surface area contributed by atoms with E-state index in [1.165, 1.54) is 12.3 Å². The van der Waals surface area contributed by atoms with Gasteiger partial charge in [-0.05, 0) is 11.5 Å². The van der Waals surface area contributed by atoms with Crippen LogP contribution in [0.4, 0.5) is 12.9 Å². The van der Waals surface area contributed by atoms with Gasteiger partial charge >= 0.3 is 6.98 Å². The minimum absolute atomic E-state index is 0.176. The van der Waals surface area contributed by atoms with Crippen molar-refractivity contribution in [3.63, 3.8) is 0 Å². The van der Waals surface area contributed by atoms with Gasteiger partial charge in [-0.3, -0.25) is 0 Å². The summed E-state index contributed by atoms with van der Waals surface area (Å²) in [5.74, 6) is 0. The van der Waals surface area contributed by atoms with Gasteiger partial charge in [0.2, 0.25) is 0 Å². The molecule has 0 fully saturated rings. The van der Waals surface area contributed by atoms with E-state index < -0.39 is 12.4 Å². The van der Waals surface area contributed by atoms with Crippen molar-refractivity contribution in [3.8, 4) is 0 Å². The molecule has 0 unspecified atom stereocenters. The summed E-state index contributed by atoms with van der Waals surface area (Å²) >= 11 is 0. The molecule has 1 aromatic carbocycles. The molecule has 0 spiro atoms. The van der Waals surface area contributed by atoms with Crippen LogP contribution in [0.1, 0.15) is 0 Å². The summed E-state index contributed by atoms with van der Waals surface area (Å²) in [5.41, 5.74) is -0.377. The summed E-state index contributed by atoms with van der Waals surface area (Å²) in [6, 6.07) is 5.79. The molecule has 0 radical (unpaired) electrons. The lowest BCUT2D eigenvalue weighted by molar-refractivity contribution is 0.501. The number of fused-ring (bicyclic) bond motifs is 1. The number of para-hydroxylation sites is 1. The van der Waals surface area contributed by atoms with Crippen LogP contribution >= 0.6 is 0 Å². The third-order valence-electron chi connectivity index (χ3n) is 1.97. The van der Waals surface area contributed by atoms with Crippen LogP contribution in [0.25, 0.3) is 10.9 Å².